The summed E-state index contributed by atoms with van der Waals surface area (Å²) in [6.45, 7) is 5.95. The maximum atomic E-state index is 10.5. The number of hydrogen-bond donors (Lipinski definition) is 1. The third-order valence-corrected chi connectivity index (χ3v) is 0.755. The second kappa shape index (κ2) is 9.44. The lowest BCUT2D eigenvalue weighted by molar-refractivity contribution is -0.144. The van der Waals surface area contributed by atoms with Gasteiger partial charge in [0.25, 0.3) is 5.97 Å². The summed E-state index contributed by atoms with van der Waals surface area (Å²) in [6, 6.07) is 0. The molecule has 0 radical (unpaired) electrons. The van der Waals surface area contributed by atoms with Crippen LogP contribution < -0.4 is 0 Å². The lowest BCUT2D eigenvalue weighted by atomic mass is 10.3. The summed E-state index contributed by atoms with van der Waals surface area (Å²) in [5.41, 5.74) is 0. The van der Waals surface area contributed by atoms with Crippen molar-refractivity contribution in [3.05, 3.63) is 12.7 Å². The molecule has 0 aromatic carbocycles. The van der Waals surface area contributed by atoms with E-state index in [9.17, 15) is 9.59 Å². The van der Waals surface area contributed by atoms with Gasteiger partial charge in [0, 0.05) is 6.92 Å². The van der Waals surface area contributed by atoms with Gasteiger partial charge in [0.05, 0.1) is 0 Å². The molecule has 0 aliphatic rings. The predicted molar refractivity (Wildman–Crippen MR) is 49.8 cm³/mol. The molecule has 0 amide bonds. The molecule has 0 aliphatic heterocycles. The van der Waals surface area contributed by atoms with Gasteiger partial charge in [0.15, 0.2) is 0 Å². The van der Waals surface area contributed by atoms with Gasteiger partial charge < -0.3 is 9.84 Å². The molecule has 0 aromatic heterocycles. The number of Topliss-reactive ketones (excluding diaryl/α,β-unsaturated/α-hetero) is 1. The van der Waals surface area contributed by atoms with Crippen LogP contribution in [-0.4, -0.2) is 29.4 Å². The van der Waals surface area contributed by atoms with Crippen molar-refractivity contribution in [1.29, 1.82) is 0 Å². The molecule has 80 valence electrons. The normalized spacial score (nSPS) is 7.86. The van der Waals surface area contributed by atoms with Crippen LogP contribution in [0.25, 0.3) is 0 Å². The van der Waals surface area contributed by atoms with Gasteiger partial charge in [-0.3, -0.25) is 14.4 Å². The van der Waals surface area contributed by atoms with E-state index in [1.54, 1.807) is 0 Å². The number of aliphatic carboxylic acids is 1. The van der Waals surface area contributed by atoms with Gasteiger partial charge in [0.1, 0.15) is 18.8 Å². The fraction of sp³-hybridized carbons (Fsp3) is 0.444. The average molecular weight is 202 g/mol. The quantitative estimate of drug-likeness (QED) is 0.414. The van der Waals surface area contributed by atoms with Crippen molar-refractivity contribution in [1.82, 2.24) is 0 Å². The van der Waals surface area contributed by atoms with Gasteiger partial charge in [-0.15, -0.1) is 0 Å². The van der Waals surface area contributed by atoms with E-state index >= 15 is 0 Å². The smallest absolute Gasteiger partial charge is 0.313 e. The molecule has 1 N–H and O–H groups in total. The maximum Gasteiger partial charge on any atom is 0.313 e. The Balaban J connectivity index is 0. The van der Waals surface area contributed by atoms with E-state index in [4.69, 9.17) is 9.90 Å². The van der Waals surface area contributed by atoms with Crippen LogP contribution in [0.15, 0.2) is 12.7 Å². The second-order valence-corrected chi connectivity index (χ2v) is 2.37. The highest BCUT2D eigenvalue weighted by Crippen LogP contribution is 1.87. The molecule has 0 saturated carbocycles. The number of ketones is 1. The summed E-state index contributed by atoms with van der Waals surface area (Å²) in [5.74, 6) is -1.51. The molecule has 0 rings (SSSR count). The molecule has 0 spiro atoms. The van der Waals surface area contributed by atoms with E-state index in [0.29, 0.717) is 0 Å². The Labute approximate surface area is 82.4 Å². The van der Waals surface area contributed by atoms with Crippen molar-refractivity contribution in [3.8, 4) is 0 Å². The van der Waals surface area contributed by atoms with E-state index in [-0.39, 0.29) is 18.8 Å². The van der Waals surface area contributed by atoms with Crippen molar-refractivity contribution < 1.29 is 24.2 Å². The van der Waals surface area contributed by atoms with E-state index in [1.807, 2.05) is 0 Å². The molecular weight excluding hydrogens is 188 g/mol. The molecule has 0 atom stereocenters. The molecule has 14 heavy (non-hydrogen) atoms. The SMILES string of the molecule is C=CCOC(=O)CC(C)=O.CC(=O)O. The number of carboxylic acid groups (broad SMARTS) is 1. The highest BCUT2D eigenvalue weighted by molar-refractivity contribution is 5.94. The third kappa shape index (κ3) is 22.4. The summed E-state index contributed by atoms with van der Waals surface area (Å²) in [4.78, 5) is 29.8. The summed E-state index contributed by atoms with van der Waals surface area (Å²) in [7, 11) is 0. The summed E-state index contributed by atoms with van der Waals surface area (Å²) >= 11 is 0. The second-order valence-electron chi connectivity index (χ2n) is 2.37. The van der Waals surface area contributed by atoms with Crippen LogP contribution in [0, 0.1) is 0 Å². The summed E-state index contributed by atoms with van der Waals surface area (Å²) in [5, 5.41) is 7.42. The van der Waals surface area contributed by atoms with Crippen LogP contribution >= 0.6 is 0 Å². The Bertz CT molecular complexity index is 215. The minimum Gasteiger partial charge on any atom is -0.481 e. The Kier molecular flexibility index (Phi) is 10.0. The van der Waals surface area contributed by atoms with E-state index in [0.717, 1.165) is 6.92 Å². The fourth-order valence-electron chi connectivity index (χ4n) is 0.406. The summed E-state index contributed by atoms with van der Waals surface area (Å²) < 4.78 is 4.52. The molecule has 0 aliphatic carbocycles. The zero-order valence-electron chi connectivity index (χ0n) is 8.28. The van der Waals surface area contributed by atoms with Gasteiger partial charge in [-0.2, -0.15) is 0 Å². The first-order chi connectivity index (χ1) is 6.40. The highest BCUT2D eigenvalue weighted by Gasteiger charge is 2.03. The van der Waals surface area contributed by atoms with Gasteiger partial charge in [0.2, 0.25) is 0 Å². The van der Waals surface area contributed by atoms with Crippen LogP contribution in [0.4, 0.5) is 0 Å². The minimum absolute atomic E-state index is 0.145. The van der Waals surface area contributed by atoms with Crippen molar-refractivity contribution in [2.45, 2.75) is 20.3 Å². The molecule has 5 nitrogen and oxygen atoms in total. The summed E-state index contributed by atoms with van der Waals surface area (Å²) in [6.07, 6.45) is 1.31. The van der Waals surface area contributed by atoms with Crippen molar-refractivity contribution in [2.24, 2.45) is 0 Å². The molecular formula is C9H14O5. The van der Waals surface area contributed by atoms with E-state index in [2.05, 4.69) is 11.3 Å². The Hall–Kier alpha value is -1.65. The first kappa shape index (κ1) is 14.9. The number of rotatable bonds is 4. The first-order valence-corrected chi connectivity index (χ1v) is 3.85. The van der Waals surface area contributed by atoms with E-state index in [1.165, 1.54) is 13.0 Å². The Morgan fingerprint density at radius 3 is 2.07 bits per heavy atom. The van der Waals surface area contributed by atoms with Crippen LogP contribution in [0.2, 0.25) is 0 Å². The van der Waals surface area contributed by atoms with Gasteiger partial charge in [-0.25, -0.2) is 0 Å². The number of esters is 1. The monoisotopic (exact) mass is 202 g/mol. The zero-order chi connectivity index (χ0) is 11.6. The molecule has 0 heterocycles. The molecule has 0 saturated heterocycles. The topological polar surface area (TPSA) is 80.7 Å². The van der Waals surface area contributed by atoms with Crippen LogP contribution in [-0.2, 0) is 19.1 Å². The predicted octanol–water partition coefficient (Wildman–Crippen LogP) is 0.786. The minimum atomic E-state index is -0.833. The number of carboxylic acids is 1. The van der Waals surface area contributed by atoms with Crippen LogP contribution in [0.3, 0.4) is 0 Å². The number of ether oxygens (including phenoxy) is 1. The van der Waals surface area contributed by atoms with Crippen LogP contribution in [0.5, 0.6) is 0 Å². The number of carbonyl (C=O) groups is 3. The molecule has 0 unspecified atom stereocenters. The highest BCUT2D eigenvalue weighted by atomic mass is 16.5. The standard InChI is InChI=1S/C7H10O3.C2H4O2/c1-3-4-10-7(9)5-6(2)8;1-2(3)4/h3H,1,4-5H2,2H3;1H3,(H,3,4). The van der Waals surface area contributed by atoms with Crippen LogP contribution in [0.1, 0.15) is 20.3 Å². The Morgan fingerprint density at radius 2 is 1.79 bits per heavy atom. The molecule has 0 bridgehead atoms. The van der Waals surface area contributed by atoms with E-state index < -0.39 is 11.9 Å². The van der Waals surface area contributed by atoms with Gasteiger partial charge >= 0.3 is 5.97 Å². The third-order valence-electron chi connectivity index (χ3n) is 0.755. The lowest BCUT2D eigenvalue weighted by Gasteiger charge is -1.96. The number of carbonyl (C=O) groups excluding carboxylic acids is 2. The number of hydrogen-bond acceptors (Lipinski definition) is 4. The first-order valence-electron chi connectivity index (χ1n) is 3.85. The largest absolute Gasteiger partial charge is 0.481 e. The molecule has 0 fully saturated rings. The van der Waals surface area contributed by atoms with Gasteiger partial charge in [-0.1, -0.05) is 12.7 Å². The van der Waals surface area contributed by atoms with Crippen molar-refractivity contribution in [3.63, 3.8) is 0 Å². The zero-order valence-corrected chi connectivity index (χ0v) is 8.28. The molecule has 5 heteroatoms. The Morgan fingerprint density at radius 1 is 1.36 bits per heavy atom. The fourth-order valence-corrected chi connectivity index (χ4v) is 0.406. The van der Waals surface area contributed by atoms with Crippen molar-refractivity contribution >= 4 is 17.7 Å². The maximum absolute atomic E-state index is 10.5. The average Bonchev–Trinajstić information content (AvgIpc) is 1.98. The van der Waals surface area contributed by atoms with Crippen molar-refractivity contribution in [2.75, 3.05) is 6.61 Å². The van der Waals surface area contributed by atoms with Gasteiger partial charge in [-0.05, 0) is 6.92 Å². The molecule has 0 aromatic rings. The lowest BCUT2D eigenvalue weighted by Crippen LogP contribution is -2.08.